The Kier molecular flexibility index (Phi) is 8.48. The zero-order valence-electron chi connectivity index (χ0n) is 20.4. The summed E-state index contributed by atoms with van der Waals surface area (Å²) in [5, 5.41) is 21.7. The van der Waals surface area contributed by atoms with Crippen LogP contribution in [0.4, 0.5) is 8.78 Å². The first-order chi connectivity index (χ1) is 17.4. The molecule has 0 saturated carbocycles. The van der Waals surface area contributed by atoms with E-state index >= 15 is 0 Å². The summed E-state index contributed by atoms with van der Waals surface area (Å²) < 4.78 is 33.1. The number of likely N-dealkylation sites (tertiary alicyclic amines) is 1. The van der Waals surface area contributed by atoms with Crippen LogP contribution in [0.3, 0.4) is 0 Å². The van der Waals surface area contributed by atoms with Gasteiger partial charge in [-0.25, -0.2) is 8.78 Å². The zero-order chi connectivity index (χ0) is 25.7. The average Bonchev–Trinajstić information content (AvgIpc) is 2.88. The second-order valence-electron chi connectivity index (χ2n) is 9.47. The highest BCUT2D eigenvalue weighted by molar-refractivity contribution is 5.83. The van der Waals surface area contributed by atoms with Gasteiger partial charge in [-0.1, -0.05) is 6.07 Å². The van der Waals surface area contributed by atoms with E-state index in [1.165, 1.54) is 18.2 Å². The number of ether oxygens (including phenoxy) is 1. The zero-order valence-corrected chi connectivity index (χ0v) is 20.4. The van der Waals surface area contributed by atoms with Gasteiger partial charge in [0.25, 0.3) is 0 Å². The van der Waals surface area contributed by atoms with Crippen LogP contribution in [-0.2, 0) is 11.2 Å². The quantitative estimate of drug-likeness (QED) is 0.410. The van der Waals surface area contributed by atoms with E-state index in [1.54, 1.807) is 19.4 Å². The molecule has 1 aliphatic rings. The van der Waals surface area contributed by atoms with Gasteiger partial charge in [-0.3, -0.25) is 9.78 Å². The Morgan fingerprint density at radius 2 is 2.00 bits per heavy atom. The Hall–Kier alpha value is -3.10. The van der Waals surface area contributed by atoms with Crippen molar-refractivity contribution in [3.63, 3.8) is 0 Å². The molecular formula is C28H32F2N2O4. The lowest BCUT2D eigenvalue weighted by Crippen LogP contribution is -2.44. The molecule has 8 heteroatoms. The Labute approximate surface area is 209 Å². The lowest BCUT2D eigenvalue weighted by molar-refractivity contribution is -0.146. The van der Waals surface area contributed by atoms with Crippen molar-refractivity contribution in [3.8, 4) is 5.75 Å². The van der Waals surface area contributed by atoms with Crippen molar-refractivity contribution in [3.05, 3.63) is 71.4 Å². The van der Waals surface area contributed by atoms with Crippen LogP contribution in [0, 0.1) is 23.5 Å². The number of rotatable bonds is 10. The summed E-state index contributed by atoms with van der Waals surface area (Å²) in [6.07, 6.45) is 3.46. The van der Waals surface area contributed by atoms with Crippen LogP contribution in [-0.4, -0.2) is 52.8 Å². The van der Waals surface area contributed by atoms with E-state index in [-0.39, 0.29) is 17.9 Å². The first-order valence-corrected chi connectivity index (χ1v) is 12.4. The minimum Gasteiger partial charge on any atom is -0.497 e. The van der Waals surface area contributed by atoms with E-state index in [0.717, 1.165) is 23.0 Å². The van der Waals surface area contributed by atoms with Crippen molar-refractivity contribution in [2.75, 3.05) is 26.7 Å². The predicted octanol–water partition coefficient (Wildman–Crippen LogP) is 4.99. The third-order valence-electron chi connectivity index (χ3n) is 7.27. The van der Waals surface area contributed by atoms with Gasteiger partial charge in [-0.05, 0) is 93.1 Å². The van der Waals surface area contributed by atoms with Crippen molar-refractivity contribution < 1.29 is 28.5 Å². The van der Waals surface area contributed by atoms with E-state index in [9.17, 15) is 23.8 Å². The van der Waals surface area contributed by atoms with Gasteiger partial charge in [0.1, 0.15) is 17.4 Å². The van der Waals surface area contributed by atoms with E-state index in [2.05, 4.69) is 9.88 Å². The fourth-order valence-electron chi connectivity index (χ4n) is 5.24. The van der Waals surface area contributed by atoms with Crippen molar-refractivity contribution >= 4 is 16.9 Å². The first-order valence-electron chi connectivity index (χ1n) is 12.4. The van der Waals surface area contributed by atoms with Gasteiger partial charge in [-0.15, -0.1) is 0 Å². The average molecular weight is 499 g/mol. The maximum atomic E-state index is 13.9. The van der Waals surface area contributed by atoms with Gasteiger partial charge in [0.05, 0.1) is 24.6 Å². The van der Waals surface area contributed by atoms with E-state index in [4.69, 9.17) is 4.74 Å². The summed E-state index contributed by atoms with van der Waals surface area (Å²) in [6, 6.07) is 11.2. The fraction of sp³-hybridized carbons (Fsp3) is 0.429. The molecule has 2 aromatic carbocycles. The van der Waals surface area contributed by atoms with Crippen molar-refractivity contribution in [2.24, 2.45) is 11.8 Å². The number of nitrogens with zero attached hydrogens (tertiary/aromatic N) is 2. The van der Waals surface area contributed by atoms with Crippen LogP contribution in [0.2, 0.25) is 0 Å². The molecule has 192 valence electrons. The van der Waals surface area contributed by atoms with Crippen LogP contribution >= 0.6 is 0 Å². The molecule has 2 heterocycles. The molecule has 6 nitrogen and oxygen atoms in total. The minimum atomic E-state index is -0.849. The number of piperidine rings is 1. The molecule has 0 aliphatic carbocycles. The second-order valence-corrected chi connectivity index (χ2v) is 9.47. The monoisotopic (exact) mass is 498 g/mol. The molecule has 1 aromatic heterocycles. The lowest BCUT2D eigenvalue weighted by Gasteiger charge is -2.37. The van der Waals surface area contributed by atoms with Crippen molar-refractivity contribution in [1.29, 1.82) is 0 Å². The van der Waals surface area contributed by atoms with Gasteiger partial charge >= 0.3 is 5.97 Å². The molecule has 36 heavy (non-hydrogen) atoms. The lowest BCUT2D eigenvalue weighted by atomic mass is 9.81. The number of halogens is 2. The van der Waals surface area contributed by atoms with E-state index in [1.807, 2.05) is 18.2 Å². The molecule has 2 N–H and O–H groups in total. The highest BCUT2D eigenvalue weighted by atomic mass is 19.1. The molecule has 0 amide bonds. The number of aliphatic hydroxyl groups excluding tert-OH is 1. The van der Waals surface area contributed by atoms with Gasteiger partial charge < -0.3 is 19.8 Å². The summed E-state index contributed by atoms with van der Waals surface area (Å²) in [4.78, 5) is 18.5. The normalized spacial score (nSPS) is 19.3. The summed E-state index contributed by atoms with van der Waals surface area (Å²) in [5.41, 5.74) is 1.60. The molecule has 0 bridgehead atoms. The molecule has 3 atom stereocenters. The number of pyridine rings is 1. The number of methoxy groups -OCH3 is 1. The summed E-state index contributed by atoms with van der Waals surface area (Å²) >= 11 is 0. The van der Waals surface area contributed by atoms with Crippen LogP contribution in [0.15, 0.2) is 48.7 Å². The Balaban J connectivity index is 1.34. The van der Waals surface area contributed by atoms with Crippen LogP contribution in [0.25, 0.3) is 10.9 Å². The standard InChI is InChI=1S/C28H32F2N2O4/c1-36-19-8-9-26-22(16-19)20(11-13-31-26)27(33)10-7-18-12-15-32(17-23(18)28(34)35)14-3-4-21-24(29)5-2-6-25(21)30/h2,5-6,8-9,11,13,16,18,23,27,33H,3-4,7,10,12,14-15,17H2,1H3,(H,34,35)/t18-,23+,27-/m1/s1. The Morgan fingerprint density at radius 3 is 2.72 bits per heavy atom. The fourth-order valence-corrected chi connectivity index (χ4v) is 5.24. The molecule has 1 aliphatic heterocycles. The second kappa shape index (κ2) is 11.8. The number of aliphatic hydroxyl groups is 1. The Morgan fingerprint density at radius 1 is 1.22 bits per heavy atom. The first kappa shape index (κ1) is 26.0. The molecule has 4 rings (SSSR count). The predicted molar refractivity (Wildman–Crippen MR) is 133 cm³/mol. The topological polar surface area (TPSA) is 82.9 Å². The third-order valence-corrected chi connectivity index (χ3v) is 7.27. The number of hydrogen-bond acceptors (Lipinski definition) is 5. The summed E-state index contributed by atoms with van der Waals surface area (Å²) in [5.74, 6) is -1.86. The Bertz CT molecular complexity index is 1190. The third kappa shape index (κ3) is 5.99. The van der Waals surface area contributed by atoms with Crippen LogP contribution in [0.5, 0.6) is 5.75 Å². The maximum absolute atomic E-state index is 13.9. The molecule has 0 radical (unpaired) electrons. The minimum absolute atomic E-state index is 0.0555. The number of aliphatic carboxylic acids is 1. The summed E-state index contributed by atoms with van der Waals surface area (Å²) in [7, 11) is 1.59. The SMILES string of the molecule is COc1ccc2nccc([C@H](O)CC[C@@H]3CCN(CCCc4c(F)cccc4F)C[C@@H]3C(=O)O)c2c1. The van der Waals surface area contributed by atoms with Crippen LogP contribution < -0.4 is 4.74 Å². The number of carboxylic acid groups (broad SMARTS) is 1. The molecule has 3 aromatic rings. The van der Waals surface area contributed by atoms with E-state index in [0.29, 0.717) is 44.5 Å². The highest BCUT2D eigenvalue weighted by Crippen LogP contribution is 2.34. The maximum Gasteiger partial charge on any atom is 0.308 e. The summed E-state index contributed by atoms with van der Waals surface area (Å²) in [6.45, 7) is 1.70. The smallest absolute Gasteiger partial charge is 0.308 e. The van der Waals surface area contributed by atoms with Crippen molar-refractivity contribution in [2.45, 2.75) is 38.2 Å². The molecule has 1 saturated heterocycles. The van der Waals surface area contributed by atoms with Crippen molar-refractivity contribution in [1.82, 2.24) is 9.88 Å². The largest absolute Gasteiger partial charge is 0.497 e. The van der Waals surface area contributed by atoms with Gasteiger partial charge in [-0.2, -0.15) is 0 Å². The number of benzene rings is 2. The van der Waals surface area contributed by atoms with Gasteiger partial charge in [0, 0.05) is 23.7 Å². The van der Waals surface area contributed by atoms with Crippen LogP contribution in [0.1, 0.15) is 42.9 Å². The molecule has 0 unspecified atom stereocenters. The van der Waals surface area contributed by atoms with Gasteiger partial charge in [0.15, 0.2) is 0 Å². The van der Waals surface area contributed by atoms with E-state index < -0.39 is 29.6 Å². The van der Waals surface area contributed by atoms with Gasteiger partial charge in [0.2, 0.25) is 0 Å². The number of carbonyl (C=O) groups is 1. The number of aromatic nitrogens is 1. The molecular weight excluding hydrogens is 466 g/mol. The number of fused-ring (bicyclic) bond motifs is 1. The number of hydrogen-bond donors (Lipinski definition) is 2. The molecule has 0 spiro atoms. The highest BCUT2D eigenvalue weighted by Gasteiger charge is 2.34. The number of carboxylic acids is 1. The molecule has 1 fully saturated rings.